The maximum atomic E-state index is 9.42. The van der Waals surface area contributed by atoms with E-state index in [0.29, 0.717) is 32.8 Å². The standard InChI is InChI=1S/C27H29N5S/c1-6-32(17-24(18(2)3)21-10-8-7-9-11-21)22-12-13-25(19(4)14-22)30-31-27-23(15-28)20(5)26(16-29)33-27/h7-14,18,24H,6,17H2,1-5H3. The normalized spacial score (nSPS) is 12.0. The summed E-state index contributed by atoms with van der Waals surface area (Å²) in [5.74, 6) is 0.962. The van der Waals surface area contributed by atoms with Gasteiger partial charge in [-0.2, -0.15) is 10.5 Å². The molecule has 3 rings (SSSR count). The van der Waals surface area contributed by atoms with E-state index in [2.05, 4.69) is 90.5 Å². The monoisotopic (exact) mass is 455 g/mol. The van der Waals surface area contributed by atoms with Gasteiger partial charge in [0.25, 0.3) is 0 Å². The van der Waals surface area contributed by atoms with E-state index in [1.165, 1.54) is 16.9 Å². The molecule has 168 valence electrons. The van der Waals surface area contributed by atoms with Gasteiger partial charge in [-0.15, -0.1) is 21.6 Å². The summed E-state index contributed by atoms with van der Waals surface area (Å²) in [6.45, 7) is 12.4. The van der Waals surface area contributed by atoms with Crippen molar-refractivity contribution in [3.05, 3.63) is 75.7 Å². The Balaban J connectivity index is 1.84. The molecule has 0 spiro atoms. The van der Waals surface area contributed by atoms with Crippen molar-refractivity contribution in [1.29, 1.82) is 10.5 Å². The zero-order chi connectivity index (χ0) is 24.0. The Morgan fingerprint density at radius 3 is 2.30 bits per heavy atom. The molecule has 0 N–H and O–H groups in total. The van der Waals surface area contributed by atoms with Crippen molar-refractivity contribution in [2.24, 2.45) is 16.1 Å². The summed E-state index contributed by atoms with van der Waals surface area (Å²) in [6.07, 6.45) is 0. The molecule has 0 saturated carbocycles. The fraction of sp³-hybridized carbons (Fsp3) is 0.333. The molecule has 1 heterocycles. The van der Waals surface area contributed by atoms with Gasteiger partial charge in [0, 0.05) is 24.7 Å². The molecule has 1 aromatic heterocycles. The van der Waals surface area contributed by atoms with Crippen LogP contribution in [0.4, 0.5) is 16.4 Å². The Bertz CT molecular complexity index is 1210. The summed E-state index contributed by atoms with van der Waals surface area (Å²) in [5.41, 5.74) is 5.39. The molecule has 5 nitrogen and oxygen atoms in total. The lowest BCUT2D eigenvalue weighted by molar-refractivity contribution is 0.491. The summed E-state index contributed by atoms with van der Waals surface area (Å²) in [6, 6.07) is 21.2. The first kappa shape index (κ1) is 24.2. The number of anilines is 1. The highest BCUT2D eigenvalue weighted by molar-refractivity contribution is 7.16. The number of aryl methyl sites for hydroxylation is 1. The number of nitriles is 2. The number of azo groups is 1. The van der Waals surface area contributed by atoms with Crippen LogP contribution in [-0.4, -0.2) is 13.1 Å². The number of nitrogens with zero attached hydrogens (tertiary/aromatic N) is 5. The molecule has 1 unspecified atom stereocenters. The molecular formula is C27H29N5S. The number of hydrogen-bond acceptors (Lipinski definition) is 6. The zero-order valence-corrected chi connectivity index (χ0v) is 20.6. The second-order valence-electron chi connectivity index (χ2n) is 8.43. The summed E-state index contributed by atoms with van der Waals surface area (Å²) in [5, 5.41) is 27.8. The summed E-state index contributed by atoms with van der Waals surface area (Å²) in [4.78, 5) is 2.91. The topological polar surface area (TPSA) is 75.5 Å². The first-order chi connectivity index (χ1) is 15.9. The maximum Gasteiger partial charge on any atom is 0.158 e. The summed E-state index contributed by atoms with van der Waals surface area (Å²) >= 11 is 1.20. The van der Waals surface area contributed by atoms with Crippen LogP contribution < -0.4 is 4.90 Å². The van der Waals surface area contributed by atoms with Gasteiger partial charge in [0.15, 0.2) is 5.00 Å². The molecule has 0 amide bonds. The van der Waals surface area contributed by atoms with Gasteiger partial charge in [-0.25, -0.2) is 0 Å². The molecule has 1 atom stereocenters. The van der Waals surface area contributed by atoms with Crippen molar-refractivity contribution in [1.82, 2.24) is 0 Å². The lowest BCUT2D eigenvalue weighted by atomic mass is 9.88. The van der Waals surface area contributed by atoms with Crippen LogP contribution in [0.25, 0.3) is 0 Å². The van der Waals surface area contributed by atoms with E-state index in [1.807, 2.05) is 13.0 Å². The van der Waals surface area contributed by atoms with Crippen molar-refractivity contribution < 1.29 is 0 Å². The maximum absolute atomic E-state index is 9.42. The number of likely N-dealkylation sites (N-methyl/N-ethyl adjacent to an activating group) is 1. The number of thiophene rings is 1. The van der Waals surface area contributed by atoms with Crippen molar-refractivity contribution >= 4 is 27.7 Å². The van der Waals surface area contributed by atoms with Crippen LogP contribution >= 0.6 is 11.3 Å². The minimum atomic E-state index is 0.423. The van der Waals surface area contributed by atoms with Crippen LogP contribution in [0.1, 0.15) is 53.8 Å². The van der Waals surface area contributed by atoms with E-state index in [4.69, 9.17) is 0 Å². The van der Waals surface area contributed by atoms with Gasteiger partial charge < -0.3 is 4.90 Å². The average Bonchev–Trinajstić information content (AvgIpc) is 3.13. The van der Waals surface area contributed by atoms with E-state index in [-0.39, 0.29) is 0 Å². The van der Waals surface area contributed by atoms with E-state index in [1.54, 1.807) is 6.92 Å². The van der Waals surface area contributed by atoms with E-state index in [9.17, 15) is 10.5 Å². The van der Waals surface area contributed by atoms with E-state index in [0.717, 1.165) is 30.0 Å². The predicted octanol–water partition coefficient (Wildman–Crippen LogP) is 7.79. The second-order valence-corrected chi connectivity index (χ2v) is 9.43. The van der Waals surface area contributed by atoms with Crippen LogP contribution in [0.2, 0.25) is 0 Å². The largest absolute Gasteiger partial charge is 0.371 e. The Morgan fingerprint density at radius 1 is 1.00 bits per heavy atom. The minimum Gasteiger partial charge on any atom is -0.371 e. The first-order valence-corrected chi connectivity index (χ1v) is 12.0. The highest BCUT2D eigenvalue weighted by Crippen LogP contribution is 2.36. The van der Waals surface area contributed by atoms with Crippen LogP contribution in [0.15, 0.2) is 58.8 Å². The summed E-state index contributed by atoms with van der Waals surface area (Å²) < 4.78 is 0. The number of benzene rings is 2. The fourth-order valence-electron chi connectivity index (χ4n) is 3.91. The third-order valence-corrected chi connectivity index (χ3v) is 7.05. The van der Waals surface area contributed by atoms with Crippen LogP contribution in [0.5, 0.6) is 0 Å². The van der Waals surface area contributed by atoms with Gasteiger partial charge in [-0.1, -0.05) is 44.2 Å². The van der Waals surface area contributed by atoms with Gasteiger partial charge in [0.2, 0.25) is 0 Å². The Labute approximate surface area is 200 Å². The smallest absolute Gasteiger partial charge is 0.158 e. The first-order valence-electron chi connectivity index (χ1n) is 11.1. The summed E-state index contributed by atoms with van der Waals surface area (Å²) in [7, 11) is 0. The molecule has 0 aliphatic heterocycles. The van der Waals surface area contributed by atoms with Crippen molar-refractivity contribution in [3.63, 3.8) is 0 Å². The van der Waals surface area contributed by atoms with Crippen molar-refractivity contribution in [2.45, 2.75) is 40.5 Å². The SMILES string of the molecule is CCN(CC(c1ccccc1)C(C)C)c1ccc(N=Nc2sc(C#N)c(C)c2C#N)c(C)c1. The molecule has 0 aliphatic carbocycles. The lowest BCUT2D eigenvalue weighted by Gasteiger charge is -2.31. The predicted molar refractivity (Wildman–Crippen MR) is 136 cm³/mol. The Hall–Kier alpha value is -3.48. The van der Waals surface area contributed by atoms with Gasteiger partial charge in [-0.3, -0.25) is 0 Å². The third-order valence-electron chi connectivity index (χ3n) is 5.97. The number of hydrogen-bond donors (Lipinski definition) is 0. The third kappa shape index (κ3) is 5.48. The quantitative estimate of drug-likeness (QED) is 0.325. The van der Waals surface area contributed by atoms with Crippen LogP contribution in [0, 0.1) is 42.4 Å². The van der Waals surface area contributed by atoms with Crippen molar-refractivity contribution in [2.75, 3.05) is 18.0 Å². The zero-order valence-electron chi connectivity index (χ0n) is 19.8. The average molecular weight is 456 g/mol. The van der Waals surface area contributed by atoms with Gasteiger partial charge in [0.05, 0.1) is 11.3 Å². The van der Waals surface area contributed by atoms with E-state index >= 15 is 0 Å². The molecule has 0 fully saturated rings. The van der Waals surface area contributed by atoms with Gasteiger partial charge in [0.1, 0.15) is 17.0 Å². The molecule has 3 aromatic rings. The molecular weight excluding hydrogens is 426 g/mol. The highest BCUT2D eigenvalue weighted by Gasteiger charge is 2.20. The molecule has 0 bridgehead atoms. The number of rotatable bonds is 8. The molecule has 33 heavy (non-hydrogen) atoms. The molecule has 0 aliphatic rings. The molecule has 0 radical (unpaired) electrons. The minimum absolute atomic E-state index is 0.423. The Morgan fingerprint density at radius 2 is 1.73 bits per heavy atom. The fourth-order valence-corrected chi connectivity index (χ4v) is 4.79. The molecule has 6 heteroatoms. The van der Waals surface area contributed by atoms with Gasteiger partial charge in [-0.05, 0) is 61.6 Å². The molecule has 0 saturated heterocycles. The van der Waals surface area contributed by atoms with Crippen LogP contribution in [0.3, 0.4) is 0 Å². The van der Waals surface area contributed by atoms with Crippen LogP contribution in [-0.2, 0) is 0 Å². The Kier molecular flexibility index (Phi) is 7.98. The second kappa shape index (κ2) is 10.9. The molecule has 2 aromatic carbocycles. The van der Waals surface area contributed by atoms with E-state index < -0.39 is 0 Å². The lowest BCUT2D eigenvalue weighted by Crippen LogP contribution is -2.30. The van der Waals surface area contributed by atoms with Gasteiger partial charge >= 0.3 is 0 Å². The van der Waals surface area contributed by atoms with Crippen molar-refractivity contribution in [3.8, 4) is 12.1 Å². The highest BCUT2D eigenvalue weighted by atomic mass is 32.1.